The largest absolute Gasteiger partial charge is 0.345 e. The summed E-state index contributed by atoms with van der Waals surface area (Å²) < 4.78 is 0. The maximum absolute atomic E-state index is 11.3. The summed E-state index contributed by atoms with van der Waals surface area (Å²) in [5.74, 6) is 1.44. The van der Waals surface area contributed by atoms with Gasteiger partial charge in [0.2, 0.25) is 0 Å². The molecular weight excluding hydrogens is 232 g/mol. The van der Waals surface area contributed by atoms with E-state index in [9.17, 15) is 4.79 Å². The second-order valence-electron chi connectivity index (χ2n) is 5.28. The zero-order valence-electron chi connectivity index (χ0n) is 10.9. The first-order chi connectivity index (χ1) is 7.99. The molecule has 1 aromatic rings. The summed E-state index contributed by atoms with van der Waals surface area (Å²) in [6.07, 6.45) is 1.28. The fraction of sp³-hybridized carbons (Fsp3) is 0.692. The van der Waals surface area contributed by atoms with Crippen molar-refractivity contribution in [1.29, 1.82) is 0 Å². The highest BCUT2D eigenvalue weighted by molar-refractivity contribution is 7.13. The average Bonchev–Trinajstić information content (AvgIpc) is 2.72. The van der Waals surface area contributed by atoms with Crippen molar-refractivity contribution in [2.75, 3.05) is 11.4 Å². The quantitative estimate of drug-likeness (QED) is 0.758. The van der Waals surface area contributed by atoms with Crippen LogP contribution in [-0.4, -0.2) is 23.4 Å². The van der Waals surface area contributed by atoms with Crippen molar-refractivity contribution < 1.29 is 4.79 Å². The minimum absolute atomic E-state index is 0.0539. The Labute approximate surface area is 107 Å². The lowest BCUT2D eigenvalue weighted by molar-refractivity contribution is 0.101. The van der Waals surface area contributed by atoms with Crippen molar-refractivity contribution in [1.82, 2.24) is 4.98 Å². The van der Waals surface area contributed by atoms with E-state index in [2.05, 4.69) is 30.7 Å². The molecule has 3 atom stereocenters. The number of piperidine rings is 1. The minimum Gasteiger partial charge on any atom is -0.345 e. The fourth-order valence-corrected chi connectivity index (χ4v) is 3.49. The molecule has 17 heavy (non-hydrogen) atoms. The average molecular weight is 252 g/mol. The number of carbonyl (C=O) groups is 1. The van der Waals surface area contributed by atoms with Gasteiger partial charge in [-0.15, -0.1) is 11.3 Å². The lowest BCUT2D eigenvalue weighted by Crippen LogP contribution is -2.45. The Kier molecular flexibility index (Phi) is 3.52. The molecule has 4 heteroatoms. The second-order valence-corrected chi connectivity index (χ2v) is 6.12. The second kappa shape index (κ2) is 4.77. The Balaban J connectivity index is 2.22. The summed E-state index contributed by atoms with van der Waals surface area (Å²) in [5.41, 5.74) is 0.600. The van der Waals surface area contributed by atoms with Gasteiger partial charge >= 0.3 is 0 Å². The Morgan fingerprint density at radius 2 is 2.18 bits per heavy atom. The summed E-state index contributed by atoms with van der Waals surface area (Å²) >= 11 is 1.59. The Bertz CT molecular complexity index is 415. The predicted octanol–water partition coefficient (Wildman–Crippen LogP) is 3.22. The standard InChI is InChI=1S/C13H20N2OS/c1-8-5-9(2)10(3)15(6-8)13-14-12(7-17-13)11(4)16/h7-10H,5-6H2,1-4H3. The van der Waals surface area contributed by atoms with Crippen LogP contribution >= 0.6 is 11.3 Å². The van der Waals surface area contributed by atoms with Gasteiger partial charge in [0.1, 0.15) is 5.69 Å². The van der Waals surface area contributed by atoms with Crippen LogP contribution in [0.25, 0.3) is 0 Å². The van der Waals surface area contributed by atoms with Crippen LogP contribution in [0.2, 0.25) is 0 Å². The van der Waals surface area contributed by atoms with E-state index in [4.69, 9.17) is 0 Å². The van der Waals surface area contributed by atoms with Crippen LogP contribution < -0.4 is 4.90 Å². The molecule has 1 fully saturated rings. The van der Waals surface area contributed by atoms with E-state index in [0.29, 0.717) is 23.6 Å². The molecule has 0 saturated carbocycles. The summed E-state index contributed by atoms with van der Waals surface area (Å²) in [7, 11) is 0. The minimum atomic E-state index is 0.0539. The van der Waals surface area contributed by atoms with E-state index in [-0.39, 0.29) is 5.78 Å². The molecule has 0 aliphatic carbocycles. The summed E-state index contributed by atoms with van der Waals surface area (Å²) in [4.78, 5) is 18.1. The van der Waals surface area contributed by atoms with Gasteiger partial charge in [-0.25, -0.2) is 4.98 Å². The predicted molar refractivity (Wildman–Crippen MR) is 71.9 cm³/mol. The molecule has 0 aromatic carbocycles. The molecule has 0 spiro atoms. The van der Waals surface area contributed by atoms with Gasteiger partial charge in [-0.3, -0.25) is 4.79 Å². The molecule has 2 heterocycles. The molecule has 0 bridgehead atoms. The van der Waals surface area contributed by atoms with Gasteiger partial charge in [0.15, 0.2) is 10.9 Å². The molecule has 2 rings (SSSR count). The molecule has 0 amide bonds. The topological polar surface area (TPSA) is 33.2 Å². The highest BCUT2D eigenvalue weighted by atomic mass is 32.1. The van der Waals surface area contributed by atoms with E-state index in [1.54, 1.807) is 18.3 Å². The smallest absolute Gasteiger partial charge is 0.186 e. The van der Waals surface area contributed by atoms with Crippen LogP contribution in [0, 0.1) is 11.8 Å². The number of aromatic nitrogens is 1. The van der Waals surface area contributed by atoms with Gasteiger partial charge < -0.3 is 4.90 Å². The fourth-order valence-electron chi connectivity index (χ4n) is 2.53. The molecule has 1 saturated heterocycles. The number of anilines is 1. The zero-order chi connectivity index (χ0) is 12.6. The number of rotatable bonds is 2. The first kappa shape index (κ1) is 12.6. The van der Waals surface area contributed by atoms with Crippen LogP contribution in [0.4, 0.5) is 5.13 Å². The lowest BCUT2D eigenvalue weighted by atomic mass is 9.86. The van der Waals surface area contributed by atoms with Crippen molar-refractivity contribution in [3.8, 4) is 0 Å². The van der Waals surface area contributed by atoms with E-state index in [1.807, 2.05) is 5.38 Å². The first-order valence-corrected chi connectivity index (χ1v) is 7.10. The van der Waals surface area contributed by atoms with Crippen molar-refractivity contribution in [3.05, 3.63) is 11.1 Å². The number of ketones is 1. The maximum atomic E-state index is 11.3. The first-order valence-electron chi connectivity index (χ1n) is 6.22. The summed E-state index contributed by atoms with van der Waals surface area (Å²) in [6, 6.07) is 0.511. The molecule has 94 valence electrons. The normalized spacial score (nSPS) is 29.4. The van der Waals surface area contributed by atoms with Crippen LogP contribution in [-0.2, 0) is 0 Å². The molecule has 0 radical (unpaired) electrons. The Morgan fingerprint density at radius 3 is 2.76 bits per heavy atom. The zero-order valence-corrected chi connectivity index (χ0v) is 11.8. The number of nitrogens with zero attached hydrogens (tertiary/aromatic N) is 2. The number of thiazole rings is 1. The Morgan fingerprint density at radius 1 is 1.47 bits per heavy atom. The third-order valence-corrected chi connectivity index (χ3v) is 4.57. The highest BCUT2D eigenvalue weighted by Gasteiger charge is 2.30. The molecule has 0 N–H and O–H groups in total. The summed E-state index contributed by atoms with van der Waals surface area (Å²) in [6.45, 7) is 9.47. The van der Waals surface area contributed by atoms with Gasteiger partial charge in [0.05, 0.1) is 0 Å². The highest BCUT2D eigenvalue weighted by Crippen LogP contribution is 2.32. The van der Waals surface area contributed by atoms with E-state index >= 15 is 0 Å². The maximum Gasteiger partial charge on any atom is 0.186 e. The van der Waals surface area contributed by atoms with E-state index in [0.717, 1.165) is 11.7 Å². The van der Waals surface area contributed by atoms with Crippen molar-refractivity contribution in [3.63, 3.8) is 0 Å². The number of hydrogen-bond donors (Lipinski definition) is 0. The lowest BCUT2D eigenvalue weighted by Gasteiger charge is -2.41. The van der Waals surface area contributed by atoms with Gasteiger partial charge in [0.25, 0.3) is 0 Å². The number of carbonyl (C=O) groups excluding carboxylic acids is 1. The molecule has 1 aliphatic rings. The Hall–Kier alpha value is -0.900. The van der Waals surface area contributed by atoms with Crippen LogP contribution in [0.15, 0.2) is 5.38 Å². The monoisotopic (exact) mass is 252 g/mol. The third kappa shape index (κ3) is 2.51. The van der Waals surface area contributed by atoms with Gasteiger partial charge in [-0.2, -0.15) is 0 Å². The molecule has 1 aliphatic heterocycles. The van der Waals surface area contributed by atoms with Gasteiger partial charge in [-0.05, 0) is 25.2 Å². The number of Topliss-reactive ketones (excluding diaryl/α,β-unsaturated/α-hetero) is 1. The van der Waals surface area contributed by atoms with Crippen LogP contribution in [0.5, 0.6) is 0 Å². The third-order valence-electron chi connectivity index (χ3n) is 3.70. The van der Waals surface area contributed by atoms with Crippen molar-refractivity contribution in [2.45, 2.75) is 40.2 Å². The van der Waals surface area contributed by atoms with E-state index < -0.39 is 0 Å². The van der Waals surface area contributed by atoms with Crippen LogP contribution in [0.3, 0.4) is 0 Å². The van der Waals surface area contributed by atoms with E-state index in [1.165, 1.54) is 6.42 Å². The molecule has 1 aromatic heterocycles. The molecule has 3 nitrogen and oxygen atoms in total. The van der Waals surface area contributed by atoms with Crippen LogP contribution in [0.1, 0.15) is 44.6 Å². The summed E-state index contributed by atoms with van der Waals surface area (Å²) in [5, 5.41) is 2.87. The number of hydrogen-bond acceptors (Lipinski definition) is 4. The molecule has 3 unspecified atom stereocenters. The van der Waals surface area contributed by atoms with Crippen molar-refractivity contribution >= 4 is 22.3 Å². The van der Waals surface area contributed by atoms with Gasteiger partial charge in [0, 0.05) is 24.9 Å². The molecular formula is C13H20N2OS. The van der Waals surface area contributed by atoms with Crippen molar-refractivity contribution in [2.24, 2.45) is 11.8 Å². The van der Waals surface area contributed by atoms with Gasteiger partial charge in [-0.1, -0.05) is 13.8 Å². The SMILES string of the molecule is CC(=O)c1csc(N2CC(C)CC(C)C2C)n1.